The van der Waals surface area contributed by atoms with Gasteiger partial charge in [-0.3, -0.25) is 43.0 Å². The van der Waals surface area contributed by atoms with Crippen molar-refractivity contribution in [1.82, 2.24) is 19.6 Å². The number of aryl methyl sites for hydroxylation is 1. The monoisotopic (exact) mass is 1070 g/mol. The summed E-state index contributed by atoms with van der Waals surface area (Å²) in [4.78, 5) is 57.2. The molecule has 0 aromatic heterocycles. The van der Waals surface area contributed by atoms with E-state index in [0.717, 1.165) is 42.4 Å². The Morgan fingerprint density at radius 3 is 1.34 bits per heavy atom. The van der Waals surface area contributed by atoms with Gasteiger partial charge in [-0.1, -0.05) is 175 Å². The molecule has 3 aromatic carbocycles. The van der Waals surface area contributed by atoms with Crippen LogP contribution in [0.3, 0.4) is 0 Å². The third-order valence-electron chi connectivity index (χ3n) is 13.7. The maximum atomic E-state index is 13.2. The van der Waals surface area contributed by atoms with Crippen LogP contribution in [0.1, 0.15) is 132 Å². The van der Waals surface area contributed by atoms with Gasteiger partial charge >= 0.3 is 19.8 Å². The molecule has 422 valence electrons. The molecular weight excluding hydrogens is 978 g/mol. The molecule has 1 fully saturated rings. The van der Waals surface area contributed by atoms with Crippen LogP contribution in [0, 0.1) is 11.8 Å². The highest BCUT2D eigenvalue weighted by molar-refractivity contribution is 7.47. The number of ketones is 1. The molecule has 0 saturated carbocycles. The molecule has 0 aliphatic carbocycles. The Morgan fingerprint density at radius 1 is 0.513 bits per heavy atom. The Balaban J connectivity index is 1.11. The van der Waals surface area contributed by atoms with Crippen molar-refractivity contribution in [2.45, 2.75) is 129 Å². The molecule has 1 aliphatic rings. The standard InChI is InChI=1S/C61H94N5O9P/c1-55(67)50-63-41-39-62(40-42-64(51-60(68)72-53-58-29-22-19-23-30-58)45-46-65(44-43-63)52-61(69)73-54-59-31-24-20-25-32-59)38-27-33-57-36-34-56(35-37-57)28-21-17-15-13-11-9-7-5-6-8-10-12-14-16-18-26-48-74-76(70,71)75-49-47-66(2,3)4/h19-20,22-25,29-32,34-37H,5-18,21,26,28,38-54H2,1-4H3/p+1. The first-order chi connectivity index (χ1) is 36.7. The minimum atomic E-state index is -3.94. The number of unbranched alkanes of at least 4 members (excludes halogenated alkanes) is 15. The lowest BCUT2D eigenvalue weighted by atomic mass is 10.0. The highest BCUT2D eigenvalue weighted by Crippen LogP contribution is 2.43. The summed E-state index contributed by atoms with van der Waals surface area (Å²) in [6.07, 6.45) is 20.8. The van der Waals surface area contributed by atoms with Crippen LogP contribution in [0.4, 0.5) is 0 Å². The molecule has 0 bridgehead atoms. The lowest BCUT2D eigenvalue weighted by molar-refractivity contribution is -0.870. The fraction of sp³-hybridized carbons (Fsp3) is 0.623. The van der Waals surface area contributed by atoms with Crippen molar-refractivity contribution in [3.63, 3.8) is 0 Å². The van der Waals surface area contributed by atoms with Crippen molar-refractivity contribution < 1.29 is 46.8 Å². The highest BCUT2D eigenvalue weighted by atomic mass is 31.2. The second-order valence-electron chi connectivity index (χ2n) is 21.7. The summed E-state index contributed by atoms with van der Waals surface area (Å²) in [6, 6.07) is 28.0. The molecule has 4 rings (SSSR count). The highest BCUT2D eigenvalue weighted by Gasteiger charge is 2.23. The third-order valence-corrected chi connectivity index (χ3v) is 14.7. The third kappa shape index (κ3) is 32.5. The number of ether oxygens (including phenoxy) is 2. The summed E-state index contributed by atoms with van der Waals surface area (Å²) in [7, 11) is 2.10. The van der Waals surface area contributed by atoms with Gasteiger partial charge < -0.3 is 18.9 Å². The largest absolute Gasteiger partial charge is 0.472 e. The summed E-state index contributed by atoms with van der Waals surface area (Å²) in [5.41, 5.74) is 4.20. The number of hydrogen-bond acceptors (Lipinski definition) is 12. The van der Waals surface area contributed by atoms with Crippen molar-refractivity contribution in [2.75, 3.05) is 119 Å². The maximum absolute atomic E-state index is 13.2. The van der Waals surface area contributed by atoms with Crippen molar-refractivity contribution >= 4 is 25.5 Å². The Morgan fingerprint density at radius 2 is 0.908 bits per heavy atom. The zero-order valence-corrected chi connectivity index (χ0v) is 47.9. The van der Waals surface area contributed by atoms with E-state index in [1.54, 1.807) is 6.92 Å². The van der Waals surface area contributed by atoms with Gasteiger partial charge in [0.15, 0.2) is 0 Å². The summed E-state index contributed by atoms with van der Waals surface area (Å²) in [5, 5.41) is 0. The van der Waals surface area contributed by atoms with Gasteiger partial charge in [-0.25, -0.2) is 4.57 Å². The number of carbonyl (C=O) groups excluding carboxylic acids is 3. The fourth-order valence-corrected chi connectivity index (χ4v) is 9.77. The van der Waals surface area contributed by atoms with Gasteiger partial charge in [-0.2, -0.15) is 0 Å². The van der Waals surface area contributed by atoms with Gasteiger partial charge in [0.05, 0.1) is 53.9 Å². The van der Waals surface area contributed by atoms with E-state index in [9.17, 15) is 23.8 Å². The molecule has 0 spiro atoms. The Bertz CT molecular complexity index is 2150. The van der Waals surface area contributed by atoms with E-state index in [1.165, 1.54) is 89.0 Å². The first-order valence-corrected chi connectivity index (χ1v) is 30.0. The summed E-state index contributed by atoms with van der Waals surface area (Å²) in [5.74, 6) is 6.30. The van der Waals surface area contributed by atoms with Crippen LogP contribution in [0.25, 0.3) is 0 Å². The zero-order valence-electron chi connectivity index (χ0n) is 47.0. The van der Waals surface area contributed by atoms with Crippen LogP contribution >= 0.6 is 7.82 Å². The molecule has 1 aliphatic heterocycles. The number of carbonyl (C=O) groups is 3. The van der Waals surface area contributed by atoms with E-state index in [4.69, 9.17) is 18.5 Å². The van der Waals surface area contributed by atoms with Gasteiger partial charge in [0.1, 0.15) is 32.1 Å². The lowest BCUT2D eigenvalue weighted by Crippen LogP contribution is -2.48. The molecule has 1 N–H and O–H groups in total. The number of hydrogen-bond donors (Lipinski definition) is 1. The Labute approximate surface area is 458 Å². The summed E-state index contributed by atoms with van der Waals surface area (Å²) < 4.78 is 34.2. The van der Waals surface area contributed by atoms with Crippen LogP contribution in [-0.4, -0.2) is 166 Å². The van der Waals surface area contributed by atoms with E-state index in [-0.39, 0.29) is 57.2 Å². The molecule has 1 saturated heterocycles. The van der Waals surface area contributed by atoms with E-state index < -0.39 is 7.82 Å². The number of benzene rings is 3. The molecule has 76 heavy (non-hydrogen) atoms. The van der Waals surface area contributed by atoms with Crippen LogP contribution in [0.5, 0.6) is 0 Å². The number of quaternary nitrogens is 1. The van der Waals surface area contributed by atoms with Gasteiger partial charge in [0.2, 0.25) is 0 Å². The second kappa shape index (κ2) is 38.3. The summed E-state index contributed by atoms with van der Waals surface area (Å²) >= 11 is 0. The average Bonchev–Trinajstić information content (AvgIpc) is 3.39. The van der Waals surface area contributed by atoms with Gasteiger partial charge in [-0.05, 0) is 55.0 Å². The normalized spacial score (nSPS) is 15.4. The fourth-order valence-electron chi connectivity index (χ4n) is 9.02. The average molecular weight is 1070 g/mol. The molecule has 0 radical (unpaired) electrons. The number of likely N-dealkylation sites (N-methyl/N-ethyl adjacent to an activating group) is 1. The number of esters is 2. The number of rotatable bonds is 35. The van der Waals surface area contributed by atoms with E-state index >= 15 is 0 Å². The minimum Gasteiger partial charge on any atom is -0.460 e. The van der Waals surface area contributed by atoms with Crippen LogP contribution in [-0.2, 0) is 57.1 Å². The van der Waals surface area contributed by atoms with Gasteiger partial charge in [-0.15, -0.1) is 0 Å². The number of phosphoric acid groups is 1. The van der Waals surface area contributed by atoms with Crippen LogP contribution in [0.15, 0.2) is 84.9 Å². The van der Waals surface area contributed by atoms with Crippen LogP contribution < -0.4 is 0 Å². The Hall–Kier alpha value is -4.26. The first-order valence-electron chi connectivity index (χ1n) is 28.5. The SMILES string of the molecule is CC(=O)CN1CCN(CC#Cc2ccc(CCCCCCCCCCCCCCCCCCOP(=O)(O)OCC[N+](C)(C)C)cc2)CCN(CC(=O)OCc2ccccc2)CCN(CC(=O)OCc2ccccc2)CC1. The number of nitrogens with zero attached hydrogens (tertiary/aromatic N) is 5. The molecular formula is C61H95N5O9P+. The minimum absolute atomic E-state index is 0.0964. The first kappa shape index (κ1) is 64.3. The number of phosphoric ester groups is 1. The van der Waals surface area contributed by atoms with Crippen molar-refractivity contribution in [2.24, 2.45) is 0 Å². The zero-order chi connectivity index (χ0) is 54.5. The quantitative estimate of drug-likeness (QED) is 0.0197. The van der Waals surface area contributed by atoms with E-state index in [2.05, 4.69) is 55.7 Å². The molecule has 1 heterocycles. The summed E-state index contributed by atoms with van der Waals surface area (Å²) in [6.45, 7) is 9.18. The predicted molar refractivity (Wildman–Crippen MR) is 304 cm³/mol. The van der Waals surface area contributed by atoms with E-state index in [1.807, 2.05) is 81.8 Å². The lowest BCUT2D eigenvalue weighted by Gasteiger charge is -2.33. The molecule has 0 amide bonds. The molecule has 14 nitrogen and oxygen atoms in total. The topological polar surface area (TPSA) is 138 Å². The molecule has 1 atom stereocenters. The smallest absolute Gasteiger partial charge is 0.460 e. The van der Waals surface area contributed by atoms with Crippen molar-refractivity contribution in [1.29, 1.82) is 0 Å². The molecule has 15 heteroatoms. The van der Waals surface area contributed by atoms with Crippen molar-refractivity contribution in [3.8, 4) is 11.8 Å². The molecule has 3 aromatic rings. The predicted octanol–water partition coefficient (Wildman–Crippen LogP) is 9.96. The second-order valence-corrected chi connectivity index (χ2v) is 23.1. The van der Waals surface area contributed by atoms with E-state index in [0.29, 0.717) is 76.5 Å². The van der Waals surface area contributed by atoms with Crippen LogP contribution in [0.2, 0.25) is 0 Å². The van der Waals surface area contributed by atoms with Gasteiger partial charge in [0.25, 0.3) is 0 Å². The van der Waals surface area contributed by atoms with Crippen molar-refractivity contribution in [3.05, 3.63) is 107 Å². The molecule has 1 unspecified atom stereocenters. The Kier molecular flexibility index (Phi) is 32.4. The number of Topliss-reactive ketones (excluding diaryl/α,β-unsaturated/α-hetero) is 1. The maximum Gasteiger partial charge on any atom is 0.472 e. The van der Waals surface area contributed by atoms with Gasteiger partial charge in [0, 0.05) is 57.9 Å².